The Morgan fingerprint density at radius 3 is 2.61 bits per heavy atom. The van der Waals surface area contributed by atoms with Gasteiger partial charge in [0.25, 0.3) is 0 Å². The SMILES string of the molecule is COc1ccc(F)cc1C1(C(=O)NN(C)C)CC1. The Balaban J connectivity index is 2.35. The van der Waals surface area contributed by atoms with Crippen LogP contribution in [0.3, 0.4) is 0 Å². The number of nitrogens with one attached hydrogen (secondary N) is 1. The van der Waals surface area contributed by atoms with Crippen molar-refractivity contribution in [2.45, 2.75) is 18.3 Å². The summed E-state index contributed by atoms with van der Waals surface area (Å²) in [5, 5.41) is 1.59. The smallest absolute Gasteiger partial charge is 0.245 e. The third-order valence-electron chi connectivity index (χ3n) is 3.19. The second-order valence-corrected chi connectivity index (χ2v) is 4.76. The Kier molecular flexibility index (Phi) is 3.26. The molecule has 0 saturated heterocycles. The fraction of sp³-hybridized carbons (Fsp3) is 0.462. The lowest BCUT2D eigenvalue weighted by Gasteiger charge is -2.21. The zero-order chi connectivity index (χ0) is 13.3. The van der Waals surface area contributed by atoms with E-state index >= 15 is 0 Å². The molecule has 0 bridgehead atoms. The molecule has 0 aliphatic heterocycles. The number of amides is 1. The lowest BCUT2D eigenvalue weighted by Crippen LogP contribution is -2.42. The Labute approximate surface area is 106 Å². The van der Waals surface area contributed by atoms with Crippen LogP contribution in [0.15, 0.2) is 18.2 Å². The third-order valence-corrected chi connectivity index (χ3v) is 3.19. The highest BCUT2D eigenvalue weighted by Gasteiger charge is 2.53. The molecule has 18 heavy (non-hydrogen) atoms. The quantitative estimate of drug-likeness (QED) is 0.825. The van der Waals surface area contributed by atoms with E-state index in [0.717, 1.165) is 0 Å². The average molecular weight is 252 g/mol. The number of rotatable bonds is 4. The number of hydrogen-bond donors (Lipinski definition) is 1. The van der Waals surface area contributed by atoms with E-state index in [2.05, 4.69) is 5.43 Å². The number of carbonyl (C=O) groups is 1. The number of benzene rings is 1. The zero-order valence-electron chi connectivity index (χ0n) is 10.8. The molecular formula is C13H17FN2O2. The summed E-state index contributed by atoms with van der Waals surface area (Å²) in [5.74, 6) is 0.0916. The Hall–Kier alpha value is -1.62. The summed E-state index contributed by atoms with van der Waals surface area (Å²) < 4.78 is 18.6. The summed E-state index contributed by atoms with van der Waals surface area (Å²) in [6.45, 7) is 0. The van der Waals surface area contributed by atoms with E-state index in [0.29, 0.717) is 24.2 Å². The molecule has 0 spiro atoms. The molecule has 0 unspecified atom stereocenters. The lowest BCUT2D eigenvalue weighted by atomic mass is 9.94. The minimum Gasteiger partial charge on any atom is -0.496 e. The summed E-state index contributed by atoms with van der Waals surface area (Å²) in [6, 6.07) is 4.29. The zero-order valence-corrected chi connectivity index (χ0v) is 10.8. The van der Waals surface area contributed by atoms with Crippen molar-refractivity contribution >= 4 is 5.91 Å². The van der Waals surface area contributed by atoms with Crippen molar-refractivity contribution in [2.75, 3.05) is 21.2 Å². The van der Waals surface area contributed by atoms with Gasteiger partial charge in [-0.2, -0.15) is 0 Å². The third kappa shape index (κ3) is 2.18. The van der Waals surface area contributed by atoms with Crippen molar-refractivity contribution in [3.63, 3.8) is 0 Å². The first kappa shape index (κ1) is 12.8. The molecule has 0 heterocycles. The number of carbonyl (C=O) groups excluding carboxylic acids is 1. The number of hydrazine groups is 1. The summed E-state index contributed by atoms with van der Waals surface area (Å²) in [7, 11) is 5.02. The molecule has 1 saturated carbocycles. The molecule has 4 nitrogen and oxygen atoms in total. The van der Waals surface area contributed by atoms with Crippen LogP contribution >= 0.6 is 0 Å². The molecule has 1 fully saturated rings. The molecule has 1 N–H and O–H groups in total. The van der Waals surface area contributed by atoms with E-state index in [4.69, 9.17) is 4.74 Å². The molecule has 0 aromatic heterocycles. The van der Waals surface area contributed by atoms with Crippen molar-refractivity contribution in [1.29, 1.82) is 0 Å². The number of nitrogens with zero attached hydrogens (tertiary/aromatic N) is 1. The van der Waals surface area contributed by atoms with Gasteiger partial charge in [-0.1, -0.05) is 0 Å². The van der Waals surface area contributed by atoms with Gasteiger partial charge in [0, 0.05) is 19.7 Å². The van der Waals surface area contributed by atoms with Crippen LogP contribution in [0.1, 0.15) is 18.4 Å². The standard InChI is InChI=1S/C13H17FN2O2/c1-16(2)15-12(17)13(6-7-13)10-8-9(14)4-5-11(10)18-3/h4-5,8H,6-7H2,1-3H3,(H,15,17). The van der Waals surface area contributed by atoms with E-state index in [9.17, 15) is 9.18 Å². The van der Waals surface area contributed by atoms with Crippen molar-refractivity contribution in [1.82, 2.24) is 10.4 Å². The summed E-state index contributed by atoms with van der Waals surface area (Å²) in [4.78, 5) is 12.2. The van der Waals surface area contributed by atoms with E-state index in [1.807, 2.05) is 0 Å². The number of halogens is 1. The summed E-state index contributed by atoms with van der Waals surface area (Å²) in [6.07, 6.45) is 1.43. The van der Waals surface area contributed by atoms with Crippen LogP contribution < -0.4 is 10.2 Å². The molecule has 98 valence electrons. The fourth-order valence-electron chi connectivity index (χ4n) is 2.11. The molecule has 2 rings (SSSR count). The van der Waals surface area contributed by atoms with Crippen molar-refractivity contribution in [3.05, 3.63) is 29.6 Å². The van der Waals surface area contributed by atoms with Gasteiger partial charge in [-0.3, -0.25) is 10.2 Å². The van der Waals surface area contributed by atoms with E-state index in [1.54, 1.807) is 25.2 Å². The Morgan fingerprint density at radius 2 is 2.11 bits per heavy atom. The van der Waals surface area contributed by atoms with Crippen molar-refractivity contribution in [2.24, 2.45) is 0 Å². The second-order valence-electron chi connectivity index (χ2n) is 4.76. The summed E-state index contributed by atoms with van der Waals surface area (Å²) >= 11 is 0. The highest BCUT2D eigenvalue weighted by molar-refractivity contribution is 5.91. The maximum absolute atomic E-state index is 13.4. The highest BCUT2D eigenvalue weighted by atomic mass is 19.1. The maximum Gasteiger partial charge on any atom is 0.245 e. The van der Waals surface area contributed by atoms with Gasteiger partial charge in [-0.15, -0.1) is 0 Å². The first-order valence-corrected chi connectivity index (χ1v) is 5.82. The van der Waals surface area contributed by atoms with Crippen LogP contribution in [-0.4, -0.2) is 32.1 Å². The van der Waals surface area contributed by atoms with Gasteiger partial charge in [0.05, 0.1) is 12.5 Å². The van der Waals surface area contributed by atoms with Crippen LogP contribution in [0.25, 0.3) is 0 Å². The van der Waals surface area contributed by atoms with Crippen molar-refractivity contribution in [3.8, 4) is 5.75 Å². The van der Waals surface area contributed by atoms with Gasteiger partial charge in [-0.25, -0.2) is 9.40 Å². The topological polar surface area (TPSA) is 41.6 Å². The Bertz CT molecular complexity index is 470. The fourth-order valence-corrected chi connectivity index (χ4v) is 2.11. The second kappa shape index (κ2) is 4.57. The molecule has 1 aromatic rings. The molecule has 5 heteroatoms. The lowest BCUT2D eigenvalue weighted by molar-refractivity contribution is -0.127. The van der Waals surface area contributed by atoms with Gasteiger partial charge >= 0.3 is 0 Å². The maximum atomic E-state index is 13.4. The first-order valence-electron chi connectivity index (χ1n) is 5.82. The van der Waals surface area contributed by atoms with Gasteiger partial charge in [0.2, 0.25) is 5.91 Å². The van der Waals surface area contributed by atoms with Crippen LogP contribution in [0.5, 0.6) is 5.75 Å². The van der Waals surface area contributed by atoms with Crippen molar-refractivity contribution < 1.29 is 13.9 Å². The van der Waals surface area contributed by atoms with E-state index in [1.165, 1.54) is 19.2 Å². The predicted octanol–water partition coefficient (Wildman–Crippen LogP) is 1.46. The van der Waals surface area contributed by atoms with Gasteiger partial charge in [-0.05, 0) is 31.0 Å². The van der Waals surface area contributed by atoms with Crippen LogP contribution in [0, 0.1) is 5.82 Å². The van der Waals surface area contributed by atoms with Crippen LogP contribution in [0.4, 0.5) is 4.39 Å². The normalized spacial score (nSPS) is 16.5. The minimum atomic E-state index is -0.641. The van der Waals surface area contributed by atoms with E-state index < -0.39 is 5.41 Å². The molecule has 1 amide bonds. The number of methoxy groups -OCH3 is 1. The monoisotopic (exact) mass is 252 g/mol. The van der Waals surface area contributed by atoms with Gasteiger partial charge < -0.3 is 4.74 Å². The van der Waals surface area contributed by atoms with Gasteiger partial charge in [0.1, 0.15) is 11.6 Å². The largest absolute Gasteiger partial charge is 0.496 e. The Morgan fingerprint density at radius 1 is 1.44 bits per heavy atom. The molecular weight excluding hydrogens is 235 g/mol. The first-order chi connectivity index (χ1) is 8.49. The average Bonchev–Trinajstić information content (AvgIpc) is 3.09. The number of hydrogen-bond acceptors (Lipinski definition) is 3. The van der Waals surface area contributed by atoms with Crippen LogP contribution in [-0.2, 0) is 10.2 Å². The van der Waals surface area contributed by atoms with Gasteiger partial charge in [0.15, 0.2) is 0 Å². The summed E-state index contributed by atoms with van der Waals surface area (Å²) in [5.41, 5.74) is 2.72. The number of ether oxygens (including phenoxy) is 1. The van der Waals surface area contributed by atoms with Crippen LogP contribution in [0.2, 0.25) is 0 Å². The molecule has 1 aromatic carbocycles. The predicted molar refractivity (Wildman–Crippen MR) is 65.7 cm³/mol. The molecule has 0 radical (unpaired) electrons. The molecule has 1 aliphatic carbocycles. The minimum absolute atomic E-state index is 0.114. The molecule has 0 atom stereocenters. The van der Waals surface area contributed by atoms with E-state index in [-0.39, 0.29) is 11.7 Å². The highest BCUT2D eigenvalue weighted by Crippen LogP contribution is 2.51. The molecule has 1 aliphatic rings.